The number of aliphatic hydroxyl groups is 2. The zero-order chi connectivity index (χ0) is 21.7. The summed E-state index contributed by atoms with van der Waals surface area (Å²) in [5.74, 6) is 0.160. The Bertz CT molecular complexity index is 883. The van der Waals surface area contributed by atoms with Crippen molar-refractivity contribution in [3.63, 3.8) is 0 Å². The van der Waals surface area contributed by atoms with Gasteiger partial charge in [0.25, 0.3) is 0 Å². The lowest BCUT2D eigenvalue weighted by Crippen LogP contribution is -2.33. The molecule has 7 N–H and O–H groups in total. The summed E-state index contributed by atoms with van der Waals surface area (Å²) in [6, 6.07) is 0. The van der Waals surface area contributed by atoms with Crippen LogP contribution < -0.4 is 11.5 Å². The molecule has 1 aliphatic heterocycles. The van der Waals surface area contributed by atoms with Crippen LogP contribution in [-0.2, 0) is 18.3 Å². The predicted octanol–water partition coefficient (Wildman–Crippen LogP) is -0.320. The summed E-state index contributed by atoms with van der Waals surface area (Å²) in [5.41, 5.74) is 11.8. The van der Waals surface area contributed by atoms with Crippen molar-refractivity contribution in [2.24, 2.45) is 5.73 Å². The second-order valence-corrected chi connectivity index (χ2v) is 8.38. The van der Waals surface area contributed by atoms with Gasteiger partial charge in [0.15, 0.2) is 17.7 Å². The third-order valence-corrected chi connectivity index (χ3v) is 5.74. The molecule has 0 amide bonds. The number of fused-ring (bicyclic) bond motifs is 1. The van der Waals surface area contributed by atoms with Crippen molar-refractivity contribution in [2.75, 3.05) is 25.5 Å². The summed E-state index contributed by atoms with van der Waals surface area (Å²) in [7, 11) is -4.33. The van der Waals surface area contributed by atoms with Crippen LogP contribution in [0.1, 0.15) is 31.9 Å². The number of nitrogens with two attached hydrogens (primary N) is 2. The molecule has 168 valence electrons. The minimum Gasteiger partial charge on any atom is -0.387 e. The molecule has 13 nitrogen and oxygen atoms in total. The number of aliphatic hydroxyl groups excluding tert-OH is 2. The lowest BCUT2D eigenvalue weighted by Gasteiger charge is -2.17. The maximum absolute atomic E-state index is 12.0. The topological polar surface area (TPSA) is 201 Å². The molecule has 1 unspecified atom stereocenters. The van der Waals surface area contributed by atoms with E-state index in [0.717, 1.165) is 19.3 Å². The molecule has 0 saturated carbocycles. The molecule has 14 heteroatoms. The van der Waals surface area contributed by atoms with Gasteiger partial charge in [0.2, 0.25) is 0 Å². The van der Waals surface area contributed by atoms with Crippen molar-refractivity contribution in [3.8, 4) is 0 Å². The number of aromatic nitrogens is 4. The smallest absolute Gasteiger partial charge is 0.387 e. The molecule has 0 radical (unpaired) electrons. The highest BCUT2D eigenvalue weighted by Crippen LogP contribution is 2.44. The van der Waals surface area contributed by atoms with E-state index in [0.29, 0.717) is 24.1 Å². The van der Waals surface area contributed by atoms with Crippen molar-refractivity contribution >= 4 is 24.8 Å². The maximum atomic E-state index is 12.0. The molecule has 30 heavy (non-hydrogen) atoms. The number of ether oxygens (including phenoxy) is 1. The number of hydrogen-bond acceptors (Lipinski definition) is 11. The summed E-state index contributed by atoms with van der Waals surface area (Å²) < 4.78 is 28.9. The fourth-order valence-electron chi connectivity index (χ4n) is 3.14. The number of rotatable bonds is 11. The Morgan fingerprint density at radius 2 is 1.90 bits per heavy atom. The van der Waals surface area contributed by atoms with E-state index in [2.05, 4.69) is 15.0 Å². The van der Waals surface area contributed by atoms with Crippen LogP contribution in [0, 0.1) is 0 Å². The molecule has 1 saturated heterocycles. The standard InChI is InChI=1S/C16H27N6O7P/c17-5-3-1-2-4-6-27-30(25,26)28-7-10-12(23)13(24)16(29-10)22-9-21-11-14(18)19-8-20-15(11)22/h8-10,12-13,16,23-24H,1-7,17H2,(H,25,26)(H2,18,19,20)/t10-,12-,13-,16-/m1/s1. The first-order chi connectivity index (χ1) is 14.3. The van der Waals surface area contributed by atoms with Gasteiger partial charge in [-0.05, 0) is 19.4 Å². The van der Waals surface area contributed by atoms with Gasteiger partial charge in [0.1, 0.15) is 30.2 Å². The van der Waals surface area contributed by atoms with Crippen LogP contribution in [0.25, 0.3) is 11.2 Å². The molecule has 0 bridgehead atoms. The first-order valence-corrected chi connectivity index (χ1v) is 11.1. The fourth-order valence-corrected chi connectivity index (χ4v) is 3.91. The molecule has 1 aliphatic rings. The van der Waals surface area contributed by atoms with Crippen molar-refractivity contribution in [1.29, 1.82) is 0 Å². The van der Waals surface area contributed by atoms with E-state index in [-0.39, 0.29) is 12.4 Å². The Labute approximate surface area is 172 Å². The van der Waals surface area contributed by atoms with Crippen LogP contribution >= 0.6 is 7.82 Å². The molecule has 0 spiro atoms. The van der Waals surface area contributed by atoms with Crippen molar-refractivity contribution in [3.05, 3.63) is 12.7 Å². The lowest BCUT2D eigenvalue weighted by molar-refractivity contribution is -0.0514. The van der Waals surface area contributed by atoms with Crippen molar-refractivity contribution in [1.82, 2.24) is 19.5 Å². The minimum atomic E-state index is -4.33. The highest BCUT2D eigenvalue weighted by Gasteiger charge is 2.45. The Kier molecular flexibility index (Phi) is 7.71. The van der Waals surface area contributed by atoms with Gasteiger partial charge in [0.05, 0.1) is 19.5 Å². The van der Waals surface area contributed by atoms with E-state index < -0.39 is 39.0 Å². The third-order valence-electron chi connectivity index (χ3n) is 4.75. The van der Waals surface area contributed by atoms with E-state index in [1.54, 1.807) is 0 Å². The quantitative estimate of drug-likeness (QED) is 0.223. The zero-order valence-electron chi connectivity index (χ0n) is 16.3. The second kappa shape index (κ2) is 10.1. The number of phosphoric acid groups is 1. The number of imidazole rings is 1. The normalized spacial score (nSPS) is 26.3. The Morgan fingerprint density at radius 3 is 2.67 bits per heavy atom. The second-order valence-electron chi connectivity index (χ2n) is 6.93. The number of hydrogen-bond donors (Lipinski definition) is 5. The molecule has 3 heterocycles. The molecule has 2 aromatic rings. The first-order valence-electron chi connectivity index (χ1n) is 9.60. The van der Waals surface area contributed by atoms with Gasteiger partial charge < -0.3 is 31.3 Å². The van der Waals surface area contributed by atoms with E-state index in [9.17, 15) is 19.7 Å². The van der Waals surface area contributed by atoms with Crippen LogP contribution in [0.4, 0.5) is 5.82 Å². The van der Waals surface area contributed by atoms with Gasteiger partial charge in [-0.3, -0.25) is 13.6 Å². The molecule has 3 rings (SSSR count). The minimum absolute atomic E-state index is 0.0554. The van der Waals surface area contributed by atoms with Gasteiger partial charge in [-0.15, -0.1) is 0 Å². The Morgan fingerprint density at radius 1 is 1.13 bits per heavy atom. The highest BCUT2D eigenvalue weighted by molar-refractivity contribution is 7.47. The fraction of sp³-hybridized carbons (Fsp3) is 0.688. The van der Waals surface area contributed by atoms with Gasteiger partial charge >= 0.3 is 7.82 Å². The largest absolute Gasteiger partial charge is 0.472 e. The van der Waals surface area contributed by atoms with Gasteiger partial charge in [-0.25, -0.2) is 19.5 Å². The molecular weight excluding hydrogens is 419 g/mol. The molecule has 0 aromatic carbocycles. The van der Waals surface area contributed by atoms with E-state index >= 15 is 0 Å². The summed E-state index contributed by atoms with van der Waals surface area (Å²) in [6.45, 7) is 0.202. The Balaban J connectivity index is 1.55. The van der Waals surface area contributed by atoms with Gasteiger partial charge in [0, 0.05) is 0 Å². The van der Waals surface area contributed by atoms with E-state index in [1.165, 1.54) is 17.2 Å². The SMILES string of the molecule is NCCCCCCOP(=O)(O)OC[C@H]1O[C@@H](n2cnc3c(N)ncnc32)[C@H](O)[C@@H]1O. The van der Waals surface area contributed by atoms with Crippen molar-refractivity contribution in [2.45, 2.75) is 50.2 Å². The summed E-state index contributed by atoms with van der Waals surface area (Å²) in [5, 5.41) is 20.7. The van der Waals surface area contributed by atoms with Crippen LogP contribution in [-0.4, -0.2) is 72.7 Å². The van der Waals surface area contributed by atoms with E-state index in [1.807, 2.05) is 0 Å². The Hall–Kier alpha value is -1.70. The number of nitrogens with zero attached hydrogens (tertiary/aromatic N) is 4. The zero-order valence-corrected chi connectivity index (χ0v) is 17.2. The number of nitrogen functional groups attached to an aromatic ring is 1. The molecule has 0 aliphatic carbocycles. The summed E-state index contributed by atoms with van der Waals surface area (Å²) in [6.07, 6.45) is 0.962. The number of phosphoric ester groups is 1. The monoisotopic (exact) mass is 446 g/mol. The molecule has 1 fully saturated rings. The summed E-state index contributed by atoms with van der Waals surface area (Å²) in [4.78, 5) is 21.8. The molecular formula is C16H27N6O7P. The van der Waals surface area contributed by atoms with Gasteiger partial charge in [-0.1, -0.05) is 12.8 Å². The average Bonchev–Trinajstić information content (AvgIpc) is 3.26. The van der Waals surface area contributed by atoms with Crippen LogP contribution in [0.5, 0.6) is 0 Å². The predicted molar refractivity (Wildman–Crippen MR) is 105 cm³/mol. The number of unbranched alkanes of at least 4 members (excludes halogenated alkanes) is 3. The maximum Gasteiger partial charge on any atom is 0.472 e. The molecule has 2 aromatic heterocycles. The third kappa shape index (κ3) is 5.31. The highest BCUT2D eigenvalue weighted by atomic mass is 31.2. The van der Waals surface area contributed by atoms with Gasteiger partial charge in [-0.2, -0.15) is 0 Å². The van der Waals surface area contributed by atoms with Crippen molar-refractivity contribution < 1.29 is 33.5 Å². The molecule has 5 atom stereocenters. The first kappa shape index (κ1) is 23.0. The van der Waals surface area contributed by atoms with Crippen LogP contribution in [0.15, 0.2) is 12.7 Å². The van der Waals surface area contributed by atoms with Crippen LogP contribution in [0.3, 0.4) is 0 Å². The van der Waals surface area contributed by atoms with E-state index in [4.69, 9.17) is 25.3 Å². The number of anilines is 1. The summed E-state index contributed by atoms with van der Waals surface area (Å²) >= 11 is 0. The van der Waals surface area contributed by atoms with Crippen LogP contribution in [0.2, 0.25) is 0 Å². The lowest BCUT2D eigenvalue weighted by atomic mass is 10.1. The average molecular weight is 446 g/mol.